The summed E-state index contributed by atoms with van der Waals surface area (Å²) in [7, 11) is 0. The summed E-state index contributed by atoms with van der Waals surface area (Å²) >= 11 is 0. The minimum absolute atomic E-state index is 0.171. The molecule has 2 unspecified atom stereocenters. The molecular formula is C6H11NO4. The predicted molar refractivity (Wildman–Crippen MR) is 36.6 cm³/mol. The molecule has 0 saturated heterocycles. The maximum absolute atomic E-state index is 10.2. The Hall–Kier alpha value is -0.680. The molecule has 2 N–H and O–H groups in total. The van der Waals surface area contributed by atoms with E-state index in [2.05, 4.69) is 0 Å². The molecule has 0 aliphatic heterocycles. The summed E-state index contributed by atoms with van der Waals surface area (Å²) < 4.78 is 0. The Balaban J connectivity index is 2.49. The second-order valence-corrected chi connectivity index (χ2v) is 2.95. The highest BCUT2D eigenvalue weighted by Gasteiger charge is 2.33. The first-order valence-corrected chi connectivity index (χ1v) is 3.59. The Labute approximate surface area is 63.8 Å². The average Bonchev–Trinajstić information content (AvgIpc) is 1.85. The topological polar surface area (TPSA) is 83.6 Å². The van der Waals surface area contributed by atoms with Crippen LogP contribution < -0.4 is 0 Å². The third-order valence-corrected chi connectivity index (χ3v) is 1.93. The first-order chi connectivity index (χ1) is 5.09. The van der Waals surface area contributed by atoms with Crippen LogP contribution in [0.4, 0.5) is 0 Å². The first kappa shape index (κ1) is 8.42. The molecule has 1 fully saturated rings. The molecule has 5 nitrogen and oxygen atoms in total. The predicted octanol–water partition coefficient (Wildman–Crippen LogP) is -0.463. The highest BCUT2D eigenvalue weighted by molar-refractivity contribution is 4.77. The molecule has 0 aromatic heterocycles. The van der Waals surface area contributed by atoms with Crippen LogP contribution in [0.5, 0.6) is 0 Å². The van der Waals surface area contributed by atoms with Gasteiger partial charge in [0.2, 0.25) is 6.04 Å². The monoisotopic (exact) mass is 161 g/mol. The third-order valence-electron chi connectivity index (χ3n) is 1.93. The van der Waals surface area contributed by atoms with E-state index >= 15 is 0 Å². The van der Waals surface area contributed by atoms with Gasteiger partial charge >= 0.3 is 0 Å². The summed E-state index contributed by atoms with van der Waals surface area (Å²) in [5, 5.41) is 28.3. The number of aliphatic hydroxyl groups is 2. The Morgan fingerprint density at radius 1 is 1.18 bits per heavy atom. The quantitative estimate of drug-likeness (QED) is 0.402. The Morgan fingerprint density at radius 3 is 2.00 bits per heavy atom. The summed E-state index contributed by atoms with van der Waals surface area (Å²) in [6.07, 6.45) is -0.818. The highest BCUT2D eigenvalue weighted by Crippen LogP contribution is 2.20. The van der Waals surface area contributed by atoms with Crippen molar-refractivity contribution in [3.05, 3.63) is 10.1 Å². The van der Waals surface area contributed by atoms with Crippen LogP contribution in [-0.4, -0.2) is 33.4 Å². The fourth-order valence-electron chi connectivity index (χ4n) is 1.40. The minimum atomic E-state index is -0.770. The van der Waals surface area contributed by atoms with Crippen molar-refractivity contribution >= 4 is 0 Å². The zero-order valence-corrected chi connectivity index (χ0v) is 6.01. The lowest BCUT2D eigenvalue weighted by Crippen LogP contribution is -2.37. The van der Waals surface area contributed by atoms with Gasteiger partial charge in [0.05, 0.1) is 12.2 Å². The molecule has 0 radical (unpaired) electrons. The van der Waals surface area contributed by atoms with Gasteiger partial charge < -0.3 is 10.2 Å². The molecule has 1 aliphatic rings. The van der Waals surface area contributed by atoms with Crippen molar-refractivity contribution in [1.29, 1.82) is 0 Å². The normalized spacial score (nSPS) is 38.5. The summed E-state index contributed by atoms with van der Waals surface area (Å²) in [5.74, 6) is 0. The van der Waals surface area contributed by atoms with Crippen LogP contribution in [0.1, 0.15) is 19.3 Å². The summed E-state index contributed by atoms with van der Waals surface area (Å²) in [6.45, 7) is 0. The number of hydrogen-bond acceptors (Lipinski definition) is 4. The molecule has 0 aromatic rings. The minimum Gasteiger partial charge on any atom is -0.393 e. The standard InChI is InChI=1S/C6H11NO4/c8-5-1-4(7(10)11)2-6(9)3-5/h4-6,8-9H,1-3H2. The van der Waals surface area contributed by atoms with Crippen LogP contribution in [0.3, 0.4) is 0 Å². The average molecular weight is 161 g/mol. The maximum atomic E-state index is 10.2. The van der Waals surface area contributed by atoms with Gasteiger partial charge in [0.1, 0.15) is 0 Å². The smallest absolute Gasteiger partial charge is 0.218 e. The molecule has 1 aliphatic carbocycles. The molecule has 0 spiro atoms. The van der Waals surface area contributed by atoms with Crippen molar-refractivity contribution < 1.29 is 15.1 Å². The molecule has 1 rings (SSSR count). The van der Waals surface area contributed by atoms with Crippen molar-refractivity contribution in [2.75, 3.05) is 0 Å². The maximum Gasteiger partial charge on any atom is 0.218 e. The van der Waals surface area contributed by atoms with E-state index in [1.54, 1.807) is 0 Å². The molecule has 0 aromatic carbocycles. The Kier molecular flexibility index (Phi) is 2.41. The summed E-state index contributed by atoms with van der Waals surface area (Å²) in [4.78, 5) is 9.79. The second-order valence-electron chi connectivity index (χ2n) is 2.95. The van der Waals surface area contributed by atoms with Crippen LogP contribution in [0.15, 0.2) is 0 Å². The largest absolute Gasteiger partial charge is 0.393 e. The number of nitro groups is 1. The lowest BCUT2D eigenvalue weighted by Gasteiger charge is -2.24. The Bertz CT molecular complexity index is 151. The molecule has 5 heteroatoms. The van der Waals surface area contributed by atoms with Crippen LogP contribution in [0.25, 0.3) is 0 Å². The Morgan fingerprint density at radius 2 is 1.64 bits per heavy atom. The lowest BCUT2D eigenvalue weighted by molar-refractivity contribution is -0.530. The molecule has 2 atom stereocenters. The number of aliphatic hydroxyl groups excluding tert-OH is 2. The van der Waals surface area contributed by atoms with Crippen LogP contribution in [0, 0.1) is 10.1 Å². The summed E-state index contributed by atoms with van der Waals surface area (Å²) in [5.41, 5.74) is 0. The fraction of sp³-hybridized carbons (Fsp3) is 1.00. The van der Waals surface area contributed by atoms with Gasteiger partial charge in [-0.25, -0.2) is 0 Å². The van der Waals surface area contributed by atoms with E-state index in [0.29, 0.717) is 0 Å². The van der Waals surface area contributed by atoms with Crippen LogP contribution in [-0.2, 0) is 0 Å². The summed E-state index contributed by atoms with van der Waals surface area (Å²) in [6, 6.07) is -0.770. The molecule has 1 saturated carbocycles. The van der Waals surface area contributed by atoms with Crippen molar-refractivity contribution in [2.24, 2.45) is 0 Å². The molecule has 11 heavy (non-hydrogen) atoms. The van der Waals surface area contributed by atoms with Gasteiger partial charge in [0.25, 0.3) is 0 Å². The van der Waals surface area contributed by atoms with Gasteiger partial charge in [0.15, 0.2) is 0 Å². The van der Waals surface area contributed by atoms with Crippen LogP contribution in [0.2, 0.25) is 0 Å². The lowest BCUT2D eigenvalue weighted by atomic mass is 9.91. The second kappa shape index (κ2) is 3.15. The zero-order valence-electron chi connectivity index (χ0n) is 6.01. The van der Waals surface area contributed by atoms with Crippen molar-refractivity contribution in [1.82, 2.24) is 0 Å². The highest BCUT2D eigenvalue weighted by atomic mass is 16.6. The molecule has 0 amide bonds. The molecule has 0 bridgehead atoms. The van der Waals surface area contributed by atoms with E-state index in [4.69, 9.17) is 10.2 Å². The van der Waals surface area contributed by atoms with Gasteiger partial charge in [-0.15, -0.1) is 0 Å². The fourth-order valence-corrected chi connectivity index (χ4v) is 1.40. The molecule has 0 heterocycles. The van der Waals surface area contributed by atoms with Crippen LogP contribution >= 0.6 is 0 Å². The van der Waals surface area contributed by atoms with Gasteiger partial charge in [-0.1, -0.05) is 0 Å². The SMILES string of the molecule is O=[N+]([O-])C1CC(O)CC(O)C1. The van der Waals surface area contributed by atoms with E-state index in [1.165, 1.54) is 0 Å². The van der Waals surface area contributed by atoms with Gasteiger partial charge in [-0.2, -0.15) is 0 Å². The van der Waals surface area contributed by atoms with E-state index in [-0.39, 0.29) is 19.3 Å². The van der Waals surface area contributed by atoms with Crippen molar-refractivity contribution in [3.8, 4) is 0 Å². The van der Waals surface area contributed by atoms with E-state index in [9.17, 15) is 10.1 Å². The van der Waals surface area contributed by atoms with E-state index in [0.717, 1.165) is 0 Å². The zero-order chi connectivity index (χ0) is 8.43. The van der Waals surface area contributed by atoms with Gasteiger partial charge in [-0.3, -0.25) is 10.1 Å². The van der Waals surface area contributed by atoms with Gasteiger partial charge in [0, 0.05) is 17.8 Å². The van der Waals surface area contributed by atoms with Gasteiger partial charge in [-0.05, 0) is 6.42 Å². The number of nitrogens with zero attached hydrogens (tertiary/aromatic N) is 1. The van der Waals surface area contributed by atoms with E-state index in [1.807, 2.05) is 0 Å². The van der Waals surface area contributed by atoms with Crippen molar-refractivity contribution in [3.63, 3.8) is 0 Å². The molecule has 64 valence electrons. The first-order valence-electron chi connectivity index (χ1n) is 3.59. The molecular weight excluding hydrogens is 150 g/mol. The van der Waals surface area contributed by atoms with E-state index < -0.39 is 23.2 Å². The number of rotatable bonds is 1. The van der Waals surface area contributed by atoms with Crippen molar-refractivity contribution in [2.45, 2.75) is 37.5 Å². The number of hydrogen-bond donors (Lipinski definition) is 2. The third kappa shape index (κ3) is 2.13.